The van der Waals surface area contributed by atoms with E-state index in [9.17, 15) is 0 Å². The highest BCUT2D eigenvalue weighted by Crippen LogP contribution is 2.72. The number of hydrogen-bond acceptors (Lipinski definition) is 0. The maximum absolute atomic E-state index is 7.98. The standard InChI is InChI=1S/C36H60Cl2/c1-5-7-17-29-18-13-23-32(29)30-19-14-24-33(3,25-15-20-30)36(37,38)34(4)26-11-9-10-12-27-35(34)28-16-22-31(35)21-8-6-2/h5-6,29-32H,1-2,7-28H2,3-4H3. The number of halogens is 2. The molecule has 0 bridgehead atoms. The highest BCUT2D eigenvalue weighted by molar-refractivity contribution is 6.49. The molecule has 0 nitrogen and oxygen atoms in total. The number of allylic oxidation sites excluding steroid dienone is 2. The highest BCUT2D eigenvalue weighted by atomic mass is 35.5. The third kappa shape index (κ3) is 5.85. The molecule has 0 aromatic heterocycles. The summed E-state index contributed by atoms with van der Waals surface area (Å²) in [5, 5.41) is 0. The van der Waals surface area contributed by atoms with E-state index in [0.29, 0.717) is 0 Å². The molecule has 4 aliphatic carbocycles. The van der Waals surface area contributed by atoms with Crippen molar-refractivity contribution in [1.29, 1.82) is 0 Å². The SMILES string of the molecule is C=CCCC1CCCC1C1CCCC(C)(C(Cl)(Cl)C2(C)CCCCCCC23CCCC3CCC=C)CCC1. The Morgan fingerprint density at radius 2 is 1.29 bits per heavy atom. The van der Waals surface area contributed by atoms with Crippen molar-refractivity contribution in [2.45, 2.75) is 159 Å². The number of hydrogen-bond donors (Lipinski definition) is 0. The van der Waals surface area contributed by atoms with Crippen molar-refractivity contribution in [3.05, 3.63) is 25.3 Å². The van der Waals surface area contributed by atoms with Crippen molar-refractivity contribution in [3.63, 3.8) is 0 Å². The number of alkyl halides is 2. The summed E-state index contributed by atoms with van der Waals surface area (Å²) < 4.78 is -0.680. The van der Waals surface area contributed by atoms with E-state index in [4.69, 9.17) is 23.2 Å². The minimum atomic E-state index is -0.680. The van der Waals surface area contributed by atoms with E-state index in [1.807, 2.05) is 0 Å². The fourth-order valence-electron chi connectivity index (χ4n) is 10.8. The van der Waals surface area contributed by atoms with Crippen molar-refractivity contribution < 1.29 is 0 Å². The quantitative estimate of drug-likeness (QED) is 0.193. The van der Waals surface area contributed by atoms with E-state index < -0.39 is 4.33 Å². The monoisotopic (exact) mass is 562 g/mol. The Labute approximate surface area is 247 Å². The van der Waals surface area contributed by atoms with Gasteiger partial charge in [-0.1, -0.05) is 96.6 Å². The van der Waals surface area contributed by atoms with Crippen LogP contribution < -0.4 is 0 Å². The van der Waals surface area contributed by atoms with Crippen LogP contribution in [0.4, 0.5) is 0 Å². The molecule has 2 heteroatoms. The summed E-state index contributed by atoms with van der Waals surface area (Å²) in [5.74, 6) is 3.55. The molecule has 38 heavy (non-hydrogen) atoms. The van der Waals surface area contributed by atoms with Gasteiger partial charge in [0, 0.05) is 10.8 Å². The molecule has 5 atom stereocenters. The van der Waals surface area contributed by atoms with Crippen molar-refractivity contribution in [2.24, 2.45) is 39.9 Å². The molecule has 218 valence electrons. The third-order valence-electron chi connectivity index (χ3n) is 12.9. The molecular weight excluding hydrogens is 503 g/mol. The van der Waals surface area contributed by atoms with Gasteiger partial charge in [0.15, 0.2) is 0 Å². The topological polar surface area (TPSA) is 0 Å². The van der Waals surface area contributed by atoms with E-state index in [0.717, 1.165) is 30.1 Å². The lowest BCUT2D eigenvalue weighted by Gasteiger charge is -2.62. The van der Waals surface area contributed by atoms with Gasteiger partial charge in [-0.15, -0.1) is 36.4 Å². The fraction of sp³-hybridized carbons (Fsp3) is 0.889. The molecule has 0 N–H and O–H groups in total. The summed E-state index contributed by atoms with van der Waals surface area (Å²) in [6.07, 6.45) is 33.3. The predicted molar refractivity (Wildman–Crippen MR) is 169 cm³/mol. The van der Waals surface area contributed by atoms with Crippen LogP contribution in [0.15, 0.2) is 25.3 Å². The van der Waals surface area contributed by atoms with Gasteiger partial charge in [-0.3, -0.25) is 0 Å². The first-order valence-electron chi connectivity index (χ1n) is 16.8. The van der Waals surface area contributed by atoms with Crippen LogP contribution in [0.1, 0.15) is 155 Å². The minimum absolute atomic E-state index is 0.00841. The van der Waals surface area contributed by atoms with Gasteiger partial charge in [-0.05, 0) is 99.7 Å². The van der Waals surface area contributed by atoms with E-state index in [-0.39, 0.29) is 16.2 Å². The molecule has 1 spiro atoms. The highest BCUT2D eigenvalue weighted by Gasteiger charge is 2.66. The second-order valence-corrected chi connectivity index (χ2v) is 16.1. The Bertz CT molecular complexity index is 759. The zero-order valence-electron chi connectivity index (χ0n) is 25.2. The molecule has 4 saturated carbocycles. The zero-order chi connectivity index (χ0) is 27.3. The first-order valence-corrected chi connectivity index (χ1v) is 17.6. The summed E-state index contributed by atoms with van der Waals surface area (Å²) in [6.45, 7) is 13.1. The molecule has 0 heterocycles. The summed E-state index contributed by atoms with van der Waals surface area (Å²) in [4.78, 5) is 0. The molecule has 4 aliphatic rings. The van der Waals surface area contributed by atoms with Gasteiger partial charge in [-0.25, -0.2) is 0 Å². The van der Waals surface area contributed by atoms with Crippen LogP contribution in [0, 0.1) is 39.9 Å². The molecule has 0 aromatic carbocycles. The summed E-state index contributed by atoms with van der Waals surface area (Å²) >= 11 is 16.0. The van der Waals surface area contributed by atoms with E-state index >= 15 is 0 Å². The molecule has 5 unspecified atom stereocenters. The third-order valence-corrected chi connectivity index (χ3v) is 14.7. The lowest BCUT2D eigenvalue weighted by Crippen LogP contribution is -2.59. The Kier molecular flexibility index (Phi) is 10.9. The van der Waals surface area contributed by atoms with Crippen molar-refractivity contribution in [1.82, 2.24) is 0 Å². The van der Waals surface area contributed by atoms with Gasteiger partial charge in [0.2, 0.25) is 0 Å². The van der Waals surface area contributed by atoms with Gasteiger partial charge in [0.05, 0.1) is 0 Å². The molecule has 4 fully saturated rings. The zero-order valence-corrected chi connectivity index (χ0v) is 26.7. The normalized spacial score (nSPS) is 41.3. The molecular formula is C36H60Cl2. The van der Waals surface area contributed by atoms with Crippen molar-refractivity contribution >= 4 is 23.2 Å². The fourth-order valence-corrected chi connectivity index (χ4v) is 11.7. The summed E-state index contributed by atoms with van der Waals surface area (Å²) in [7, 11) is 0. The van der Waals surface area contributed by atoms with Gasteiger partial charge >= 0.3 is 0 Å². The van der Waals surface area contributed by atoms with Crippen LogP contribution in [0.5, 0.6) is 0 Å². The van der Waals surface area contributed by atoms with Gasteiger partial charge in [0.25, 0.3) is 0 Å². The van der Waals surface area contributed by atoms with Gasteiger partial charge in [-0.2, -0.15) is 0 Å². The number of rotatable bonds is 9. The minimum Gasteiger partial charge on any atom is -0.103 e. The summed E-state index contributed by atoms with van der Waals surface area (Å²) in [5.41, 5.74) is 0.252. The lowest BCUT2D eigenvalue weighted by molar-refractivity contribution is -0.0676. The lowest BCUT2D eigenvalue weighted by atomic mass is 9.48. The average molecular weight is 564 g/mol. The van der Waals surface area contributed by atoms with Crippen LogP contribution in [-0.2, 0) is 0 Å². The van der Waals surface area contributed by atoms with Crippen LogP contribution in [0.25, 0.3) is 0 Å². The Hall–Kier alpha value is 0.0600. The Balaban J connectivity index is 1.55. The second kappa shape index (κ2) is 13.4. The van der Waals surface area contributed by atoms with E-state index in [1.54, 1.807) is 0 Å². The molecule has 0 amide bonds. The molecule has 4 rings (SSSR count). The maximum atomic E-state index is 7.98. The Morgan fingerprint density at radius 1 is 0.684 bits per heavy atom. The molecule has 0 aliphatic heterocycles. The molecule has 0 aromatic rings. The predicted octanol–water partition coefficient (Wildman–Crippen LogP) is 12.6. The first-order chi connectivity index (χ1) is 18.2. The average Bonchev–Trinajstić information content (AvgIpc) is 3.52. The molecule has 0 saturated heterocycles. The summed E-state index contributed by atoms with van der Waals surface area (Å²) in [6, 6.07) is 0. The Morgan fingerprint density at radius 3 is 1.97 bits per heavy atom. The van der Waals surface area contributed by atoms with Crippen molar-refractivity contribution in [3.8, 4) is 0 Å². The van der Waals surface area contributed by atoms with Gasteiger partial charge < -0.3 is 0 Å². The van der Waals surface area contributed by atoms with Crippen LogP contribution in [-0.4, -0.2) is 4.33 Å². The largest absolute Gasteiger partial charge is 0.129 e. The van der Waals surface area contributed by atoms with Crippen LogP contribution >= 0.6 is 23.2 Å². The first kappa shape index (κ1) is 31.0. The smallest absolute Gasteiger partial charge is 0.103 e. The van der Waals surface area contributed by atoms with Gasteiger partial charge in [0.1, 0.15) is 4.33 Å². The van der Waals surface area contributed by atoms with Crippen LogP contribution in [0.2, 0.25) is 0 Å². The van der Waals surface area contributed by atoms with E-state index in [2.05, 4.69) is 39.2 Å². The van der Waals surface area contributed by atoms with Crippen molar-refractivity contribution in [2.75, 3.05) is 0 Å². The second-order valence-electron chi connectivity index (χ2n) is 14.8. The maximum Gasteiger partial charge on any atom is 0.129 e. The van der Waals surface area contributed by atoms with Crippen LogP contribution in [0.3, 0.4) is 0 Å². The molecule has 0 radical (unpaired) electrons. The van der Waals surface area contributed by atoms with E-state index in [1.165, 1.54) is 135 Å².